The average Bonchev–Trinajstić information content (AvgIpc) is 2.69. The Kier molecular flexibility index (Phi) is 5.42. The quantitative estimate of drug-likeness (QED) is 0.792. The zero-order valence-electron chi connectivity index (χ0n) is 10.0. The van der Waals surface area contributed by atoms with Gasteiger partial charge in [-0.3, -0.25) is 4.79 Å². The van der Waals surface area contributed by atoms with Crippen LogP contribution in [0.5, 0.6) is 0 Å². The van der Waals surface area contributed by atoms with Gasteiger partial charge in [0.2, 0.25) is 5.91 Å². The van der Waals surface area contributed by atoms with Crippen molar-refractivity contribution in [1.82, 2.24) is 15.6 Å². The van der Waals surface area contributed by atoms with E-state index in [9.17, 15) is 4.79 Å². The van der Waals surface area contributed by atoms with Gasteiger partial charge in [0.15, 0.2) is 0 Å². The summed E-state index contributed by atoms with van der Waals surface area (Å²) in [7, 11) is 0. The zero-order valence-corrected chi connectivity index (χ0v) is 10.9. The maximum Gasteiger partial charge on any atom is 0.234 e. The molecule has 0 spiro atoms. The number of nitrogens with zero attached hydrogens (tertiary/aromatic N) is 1. The lowest BCUT2D eigenvalue weighted by Crippen LogP contribution is -2.37. The Morgan fingerprint density at radius 2 is 2.38 bits per heavy atom. The first kappa shape index (κ1) is 13.1. The normalized spacial score (nSPS) is 12.4. The van der Waals surface area contributed by atoms with Gasteiger partial charge in [-0.15, -0.1) is 11.3 Å². The lowest BCUT2D eigenvalue weighted by atomic mass is 10.2. The molecule has 0 aliphatic carbocycles. The molecule has 1 aromatic heterocycles. The number of hydrogen-bond donors (Lipinski definition) is 2. The van der Waals surface area contributed by atoms with Crippen molar-refractivity contribution in [2.24, 2.45) is 0 Å². The largest absolute Gasteiger partial charge is 0.350 e. The number of hydrogen-bond acceptors (Lipinski definition) is 4. The predicted octanol–water partition coefficient (Wildman–Crippen LogP) is 1.46. The summed E-state index contributed by atoms with van der Waals surface area (Å²) in [5.41, 5.74) is 0. The molecule has 0 aliphatic heterocycles. The third-order valence-electron chi connectivity index (χ3n) is 2.35. The molecule has 0 fully saturated rings. The fourth-order valence-electron chi connectivity index (χ4n) is 1.15. The van der Waals surface area contributed by atoms with E-state index in [0.29, 0.717) is 19.1 Å². The molecule has 4 nitrogen and oxygen atoms in total. The van der Waals surface area contributed by atoms with E-state index in [-0.39, 0.29) is 5.91 Å². The SMILES string of the molecule is CCC(C)NCC(=O)NCc1cnc(C)s1. The van der Waals surface area contributed by atoms with E-state index in [1.165, 1.54) is 0 Å². The Balaban J connectivity index is 2.20. The molecule has 0 saturated carbocycles. The molecule has 1 amide bonds. The number of thiazole rings is 1. The summed E-state index contributed by atoms with van der Waals surface area (Å²) < 4.78 is 0. The molecule has 1 heterocycles. The summed E-state index contributed by atoms with van der Waals surface area (Å²) in [6.45, 7) is 7.08. The summed E-state index contributed by atoms with van der Waals surface area (Å²) in [6.07, 6.45) is 2.84. The van der Waals surface area contributed by atoms with Crippen LogP contribution in [0.15, 0.2) is 6.20 Å². The maximum atomic E-state index is 11.5. The van der Waals surface area contributed by atoms with Crippen LogP contribution in [0.3, 0.4) is 0 Å². The van der Waals surface area contributed by atoms with Gasteiger partial charge in [0.25, 0.3) is 0 Å². The Hall–Kier alpha value is -0.940. The van der Waals surface area contributed by atoms with Crippen molar-refractivity contribution in [3.63, 3.8) is 0 Å². The average molecular weight is 241 g/mol. The lowest BCUT2D eigenvalue weighted by Gasteiger charge is -2.10. The second kappa shape index (κ2) is 6.60. The van der Waals surface area contributed by atoms with E-state index in [2.05, 4.69) is 29.5 Å². The minimum absolute atomic E-state index is 0.0337. The van der Waals surface area contributed by atoms with Crippen LogP contribution in [0.2, 0.25) is 0 Å². The topological polar surface area (TPSA) is 54.0 Å². The molecule has 0 aromatic carbocycles. The minimum atomic E-state index is 0.0337. The molecule has 16 heavy (non-hydrogen) atoms. The third kappa shape index (κ3) is 4.72. The van der Waals surface area contributed by atoms with Gasteiger partial charge in [-0.2, -0.15) is 0 Å². The van der Waals surface area contributed by atoms with Crippen molar-refractivity contribution >= 4 is 17.2 Å². The highest BCUT2D eigenvalue weighted by atomic mass is 32.1. The molecular formula is C11H19N3OS. The summed E-state index contributed by atoms with van der Waals surface area (Å²) in [5.74, 6) is 0.0337. The molecule has 0 saturated heterocycles. The zero-order chi connectivity index (χ0) is 12.0. The highest BCUT2D eigenvalue weighted by Gasteiger charge is 2.04. The lowest BCUT2D eigenvalue weighted by molar-refractivity contribution is -0.120. The molecule has 1 unspecified atom stereocenters. The molecule has 1 aromatic rings. The van der Waals surface area contributed by atoms with Gasteiger partial charge in [-0.1, -0.05) is 6.92 Å². The predicted molar refractivity (Wildman–Crippen MR) is 66.5 cm³/mol. The van der Waals surface area contributed by atoms with E-state index in [0.717, 1.165) is 16.3 Å². The third-order valence-corrected chi connectivity index (χ3v) is 3.27. The number of carbonyl (C=O) groups excluding carboxylic acids is 1. The van der Waals surface area contributed by atoms with Crippen LogP contribution in [0.4, 0.5) is 0 Å². The number of nitrogens with one attached hydrogen (secondary N) is 2. The highest BCUT2D eigenvalue weighted by molar-refractivity contribution is 7.11. The van der Waals surface area contributed by atoms with Gasteiger partial charge in [-0.05, 0) is 20.3 Å². The second-order valence-electron chi connectivity index (χ2n) is 3.81. The second-order valence-corrected chi connectivity index (χ2v) is 5.13. The summed E-state index contributed by atoms with van der Waals surface area (Å²) in [6, 6.07) is 0.386. The van der Waals surface area contributed by atoms with E-state index in [1.54, 1.807) is 11.3 Å². The summed E-state index contributed by atoms with van der Waals surface area (Å²) >= 11 is 1.61. The van der Waals surface area contributed by atoms with Crippen molar-refractivity contribution in [1.29, 1.82) is 0 Å². The Labute approximate surface area is 100 Å². The summed E-state index contributed by atoms with van der Waals surface area (Å²) in [5, 5.41) is 7.04. The molecule has 5 heteroatoms. The number of amides is 1. The first-order chi connectivity index (χ1) is 7.61. The first-order valence-electron chi connectivity index (χ1n) is 5.53. The molecular weight excluding hydrogens is 222 g/mol. The van der Waals surface area contributed by atoms with Crippen molar-refractivity contribution in [3.8, 4) is 0 Å². The Bertz CT molecular complexity index is 338. The number of aromatic nitrogens is 1. The van der Waals surface area contributed by atoms with Crippen LogP contribution in [0, 0.1) is 6.92 Å². The molecule has 1 rings (SSSR count). The fourth-order valence-corrected chi connectivity index (χ4v) is 1.88. The van der Waals surface area contributed by atoms with Gasteiger partial charge in [0.1, 0.15) is 0 Å². The van der Waals surface area contributed by atoms with Crippen molar-refractivity contribution in [3.05, 3.63) is 16.1 Å². The maximum absolute atomic E-state index is 11.5. The van der Waals surface area contributed by atoms with Crippen LogP contribution in [-0.2, 0) is 11.3 Å². The molecule has 0 radical (unpaired) electrons. The van der Waals surface area contributed by atoms with Crippen molar-refractivity contribution < 1.29 is 4.79 Å². The fraction of sp³-hybridized carbons (Fsp3) is 0.636. The molecule has 2 N–H and O–H groups in total. The van der Waals surface area contributed by atoms with E-state index >= 15 is 0 Å². The molecule has 1 atom stereocenters. The van der Waals surface area contributed by atoms with Gasteiger partial charge in [-0.25, -0.2) is 4.98 Å². The van der Waals surface area contributed by atoms with Crippen LogP contribution in [0.1, 0.15) is 30.2 Å². The number of aryl methyl sites for hydroxylation is 1. The van der Waals surface area contributed by atoms with Gasteiger partial charge in [0.05, 0.1) is 18.1 Å². The minimum Gasteiger partial charge on any atom is -0.350 e. The highest BCUT2D eigenvalue weighted by Crippen LogP contribution is 2.10. The van der Waals surface area contributed by atoms with Gasteiger partial charge in [0, 0.05) is 17.1 Å². The number of rotatable bonds is 6. The van der Waals surface area contributed by atoms with Crippen LogP contribution in [0.25, 0.3) is 0 Å². The Morgan fingerprint density at radius 1 is 1.62 bits per heavy atom. The van der Waals surface area contributed by atoms with Crippen LogP contribution < -0.4 is 10.6 Å². The smallest absolute Gasteiger partial charge is 0.234 e. The van der Waals surface area contributed by atoms with Gasteiger partial charge < -0.3 is 10.6 Å². The molecule has 90 valence electrons. The number of carbonyl (C=O) groups is 1. The van der Waals surface area contributed by atoms with E-state index in [4.69, 9.17) is 0 Å². The van der Waals surface area contributed by atoms with Crippen LogP contribution in [-0.4, -0.2) is 23.5 Å². The molecule has 0 bridgehead atoms. The molecule has 0 aliphatic rings. The monoisotopic (exact) mass is 241 g/mol. The van der Waals surface area contributed by atoms with Gasteiger partial charge >= 0.3 is 0 Å². The van der Waals surface area contributed by atoms with E-state index in [1.807, 2.05) is 13.1 Å². The van der Waals surface area contributed by atoms with Crippen molar-refractivity contribution in [2.45, 2.75) is 39.8 Å². The first-order valence-corrected chi connectivity index (χ1v) is 6.34. The Morgan fingerprint density at radius 3 is 2.94 bits per heavy atom. The van der Waals surface area contributed by atoms with Crippen LogP contribution >= 0.6 is 11.3 Å². The van der Waals surface area contributed by atoms with Crippen molar-refractivity contribution in [2.75, 3.05) is 6.54 Å². The summed E-state index contributed by atoms with van der Waals surface area (Å²) in [4.78, 5) is 16.7. The standard InChI is InChI=1S/C11H19N3OS/c1-4-8(2)12-7-11(15)14-6-10-5-13-9(3)16-10/h5,8,12H,4,6-7H2,1-3H3,(H,14,15). The van der Waals surface area contributed by atoms with E-state index < -0.39 is 0 Å².